The lowest BCUT2D eigenvalue weighted by molar-refractivity contribution is -0.131. The van der Waals surface area contributed by atoms with Crippen molar-refractivity contribution in [1.82, 2.24) is 20.3 Å². The largest absolute Gasteiger partial charge is 0.390 e. The molecule has 0 aliphatic heterocycles. The molecular formula is C25H44N4O5S2. The highest BCUT2D eigenvalue weighted by Crippen LogP contribution is 2.26. The first-order valence-corrected chi connectivity index (χ1v) is 15.2. The van der Waals surface area contributed by atoms with Crippen molar-refractivity contribution in [2.24, 2.45) is 5.92 Å². The summed E-state index contributed by atoms with van der Waals surface area (Å²) in [4.78, 5) is 26.2. The van der Waals surface area contributed by atoms with Crippen LogP contribution in [0.2, 0.25) is 0 Å². The summed E-state index contributed by atoms with van der Waals surface area (Å²) in [5.41, 5.74) is 0.880. The molecule has 0 bridgehead atoms. The summed E-state index contributed by atoms with van der Waals surface area (Å²) >= 11 is 1.44. The van der Waals surface area contributed by atoms with Crippen molar-refractivity contribution in [1.29, 1.82) is 0 Å². The summed E-state index contributed by atoms with van der Waals surface area (Å²) in [6, 6.07) is 7.20. The van der Waals surface area contributed by atoms with E-state index < -0.39 is 44.9 Å². The molecule has 0 heterocycles. The summed E-state index contributed by atoms with van der Waals surface area (Å²) in [5, 5.41) is 19.8. The van der Waals surface area contributed by atoms with E-state index in [1.165, 1.54) is 16.1 Å². The second-order valence-corrected chi connectivity index (χ2v) is 13.5. The third kappa shape index (κ3) is 10.4. The number of sulfonamides is 1. The van der Waals surface area contributed by atoms with Crippen molar-refractivity contribution >= 4 is 33.6 Å². The Labute approximate surface area is 221 Å². The van der Waals surface area contributed by atoms with Crippen LogP contribution in [-0.4, -0.2) is 91.3 Å². The Bertz CT molecular complexity index is 941. The first-order chi connectivity index (χ1) is 16.6. The van der Waals surface area contributed by atoms with Gasteiger partial charge in [0, 0.05) is 17.8 Å². The second-order valence-electron chi connectivity index (χ2n) is 10.1. The van der Waals surface area contributed by atoms with Gasteiger partial charge >= 0.3 is 0 Å². The molecule has 1 aromatic carbocycles. The van der Waals surface area contributed by atoms with Gasteiger partial charge in [0.2, 0.25) is 21.8 Å². The van der Waals surface area contributed by atoms with Crippen molar-refractivity contribution in [3.8, 4) is 0 Å². The van der Waals surface area contributed by atoms with Gasteiger partial charge in [-0.1, -0.05) is 44.2 Å². The summed E-state index contributed by atoms with van der Waals surface area (Å²) in [5.74, 6) is -0.703. The van der Waals surface area contributed by atoms with Crippen LogP contribution in [0.1, 0.15) is 40.2 Å². The van der Waals surface area contributed by atoms with Gasteiger partial charge in [-0.25, -0.2) is 8.42 Å². The van der Waals surface area contributed by atoms with E-state index in [2.05, 4.69) is 16.0 Å². The van der Waals surface area contributed by atoms with Gasteiger partial charge in [-0.2, -0.15) is 16.1 Å². The summed E-state index contributed by atoms with van der Waals surface area (Å²) in [6.45, 7) is 9.32. The number of thioether (sulfide) groups is 1. The SMILES string of the molecule is CN[C@H](C)C(=O)N[C@H](C(=O)N[C@@H](Cc1ccccc1)[C@H](O)CN(CC(C)C)S(C)(=O)=O)C(C)(C)SC. The second kappa shape index (κ2) is 14.3. The topological polar surface area (TPSA) is 128 Å². The van der Waals surface area contributed by atoms with Gasteiger partial charge in [0.25, 0.3) is 0 Å². The van der Waals surface area contributed by atoms with Gasteiger partial charge in [0.05, 0.1) is 24.4 Å². The molecule has 11 heteroatoms. The molecule has 36 heavy (non-hydrogen) atoms. The van der Waals surface area contributed by atoms with Crippen LogP contribution in [0, 0.1) is 5.92 Å². The maximum atomic E-state index is 13.6. The predicted octanol–water partition coefficient (Wildman–Crippen LogP) is 1.23. The van der Waals surface area contributed by atoms with Crippen molar-refractivity contribution < 1.29 is 23.1 Å². The Morgan fingerprint density at radius 2 is 1.64 bits per heavy atom. The smallest absolute Gasteiger partial charge is 0.244 e. The van der Waals surface area contributed by atoms with Crippen LogP contribution in [0.25, 0.3) is 0 Å². The number of carbonyl (C=O) groups excluding carboxylic acids is 2. The standard InChI is InChI=1S/C25H44N4O5S2/c1-17(2)15-29(36(8,33)34)16-21(30)20(14-19-12-10-9-11-13-19)27-24(32)22(25(4,5)35-7)28-23(31)18(3)26-6/h9-13,17-18,20-22,26,30H,14-16H2,1-8H3,(H,27,32)(H,28,31)/t18-,20+,21-,22-/m1/s1. The molecule has 4 N–H and O–H groups in total. The van der Waals surface area contributed by atoms with Crippen molar-refractivity contribution in [2.45, 2.75) is 70.0 Å². The number of carbonyl (C=O) groups is 2. The fourth-order valence-electron chi connectivity index (χ4n) is 3.58. The molecule has 206 valence electrons. The molecule has 0 radical (unpaired) electrons. The van der Waals surface area contributed by atoms with E-state index in [9.17, 15) is 23.1 Å². The molecule has 0 unspecified atom stereocenters. The van der Waals surface area contributed by atoms with Gasteiger partial charge in [-0.15, -0.1) is 0 Å². The maximum absolute atomic E-state index is 13.6. The number of hydrogen-bond donors (Lipinski definition) is 4. The minimum absolute atomic E-state index is 0.0604. The Morgan fingerprint density at radius 3 is 2.11 bits per heavy atom. The molecule has 1 aromatic rings. The molecule has 0 saturated carbocycles. The van der Waals surface area contributed by atoms with Crippen LogP contribution < -0.4 is 16.0 Å². The lowest BCUT2D eigenvalue weighted by Gasteiger charge is -2.35. The average molecular weight is 545 g/mol. The normalized spacial score (nSPS) is 15.9. The highest BCUT2D eigenvalue weighted by molar-refractivity contribution is 8.00. The van der Waals surface area contributed by atoms with Gasteiger partial charge < -0.3 is 21.1 Å². The van der Waals surface area contributed by atoms with Crippen LogP contribution in [0.5, 0.6) is 0 Å². The van der Waals surface area contributed by atoms with Crippen molar-refractivity contribution in [3.63, 3.8) is 0 Å². The highest BCUT2D eigenvalue weighted by Gasteiger charge is 2.38. The molecule has 9 nitrogen and oxygen atoms in total. The van der Waals surface area contributed by atoms with E-state index >= 15 is 0 Å². The van der Waals surface area contributed by atoms with Crippen LogP contribution in [0.3, 0.4) is 0 Å². The van der Waals surface area contributed by atoms with Gasteiger partial charge in [-0.3, -0.25) is 9.59 Å². The maximum Gasteiger partial charge on any atom is 0.244 e. The fraction of sp³-hybridized carbons (Fsp3) is 0.680. The van der Waals surface area contributed by atoms with E-state index in [1.807, 2.05) is 64.3 Å². The van der Waals surface area contributed by atoms with Crippen molar-refractivity contribution in [3.05, 3.63) is 35.9 Å². The third-order valence-corrected chi connectivity index (χ3v) is 8.64. The summed E-state index contributed by atoms with van der Waals surface area (Å²) < 4.78 is 25.3. The molecule has 1 rings (SSSR count). The average Bonchev–Trinajstić information content (AvgIpc) is 2.80. The zero-order valence-corrected chi connectivity index (χ0v) is 24.4. The van der Waals surface area contributed by atoms with E-state index in [4.69, 9.17) is 0 Å². The van der Waals surface area contributed by atoms with E-state index in [-0.39, 0.29) is 24.9 Å². The first kappa shape index (κ1) is 32.4. The van der Waals surface area contributed by atoms with Crippen LogP contribution in [0.15, 0.2) is 30.3 Å². The summed E-state index contributed by atoms with van der Waals surface area (Å²) in [6.07, 6.45) is 2.09. The zero-order chi connectivity index (χ0) is 27.7. The lowest BCUT2D eigenvalue weighted by atomic mass is 9.97. The Kier molecular flexibility index (Phi) is 12.9. The number of likely N-dealkylation sites (N-methyl/N-ethyl adjacent to an activating group) is 1. The molecule has 4 atom stereocenters. The number of nitrogens with zero attached hydrogens (tertiary/aromatic N) is 1. The monoisotopic (exact) mass is 544 g/mol. The number of hydrogen-bond acceptors (Lipinski definition) is 7. The molecular weight excluding hydrogens is 500 g/mol. The first-order valence-electron chi connectivity index (χ1n) is 12.1. The number of aliphatic hydroxyl groups is 1. The molecule has 0 saturated heterocycles. The number of aliphatic hydroxyl groups excluding tert-OH is 1. The Balaban J connectivity index is 3.27. The molecule has 0 aliphatic rings. The Morgan fingerprint density at radius 1 is 1.06 bits per heavy atom. The molecule has 0 aromatic heterocycles. The van der Waals surface area contributed by atoms with Gasteiger partial charge in [0.15, 0.2) is 0 Å². The number of benzene rings is 1. The lowest BCUT2D eigenvalue weighted by Crippen LogP contribution is -2.62. The zero-order valence-electron chi connectivity index (χ0n) is 22.7. The number of nitrogens with one attached hydrogen (secondary N) is 3. The van der Waals surface area contributed by atoms with E-state index in [0.717, 1.165) is 11.8 Å². The van der Waals surface area contributed by atoms with Crippen LogP contribution >= 0.6 is 11.8 Å². The highest BCUT2D eigenvalue weighted by atomic mass is 32.2. The number of amides is 2. The number of rotatable bonds is 15. The third-order valence-electron chi connectivity index (χ3n) is 6.12. The predicted molar refractivity (Wildman–Crippen MR) is 147 cm³/mol. The Hall–Kier alpha value is -1.66. The molecule has 0 spiro atoms. The summed E-state index contributed by atoms with van der Waals surface area (Å²) in [7, 11) is -1.91. The minimum Gasteiger partial charge on any atom is -0.390 e. The minimum atomic E-state index is -3.57. The molecule has 2 amide bonds. The van der Waals surface area contributed by atoms with Crippen molar-refractivity contribution in [2.75, 3.05) is 32.6 Å². The van der Waals surface area contributed by atoms with Crippen LogP contribution in [-0.2, 0) is 26.0 Å². The van der Waals surface area contributed by atoms with Gasteiger partial charge in [-0.05, 0) is 52.0 Å². The van der Waals surface area contributed by atoms with Gasteiger partial charge in [0.1, 0.15) is 6.04 Å². The quantitative estimate of drug-likeness (QED) is 0.261. The molecule has 0 aliphatic carbocycles. The fourth-order valence-corrected chi connectivity index (χ4v) is 4.97. The van der Waals surface area contributed by atoms with E-state index in [1.54, 1.807) is 14.0 Å². The molecule has 0 fully saturated rings. The van der Waals surface area contributed by atoms with Crippen LogP contribution in [0.4, 0.5) is 0 Å². The van der Waals surface area contributed by atoms with E-state index in [0.29, 0.717) is 6.42 Å².